The third-order valence-electron chi connectivity index (χ3n) is 3.15. The van der Waals surface area contributed by atoms with Crippen LogP contribution in [0.5, 0.6) is 5.75 Å². The smallest absolute Gasteiger partial charge is 0.211 e. The fourth-order valence-corrected chi connectivity index (χ4v) is 1.88. The van der Waals surface area contributed by atoms with E-state index in [0.717, 1.165) is 5.56 Å². The highest BCUT2D eigenvalue weighted by Gasteiger charge is 2.05. The number of aryl methyl sites for hydroxylation is 1. The standard InChI is InChI=1S/C10H9N3O2.C7H8O.C3H8.3C2H6/c1-7(15)9-5-13-4-8(11-6-14)2-3-10(13)12-9;1-6-4-2-3-5-7(6)8;1-3-2;3*1-2/h2-6H,1H3,(H,11,14);2-5,8H,1H3;3H2,1-2H3;3*1-2H3. The molecular weight excluding hydrogens is 402 g/mol. The van der Waals surface area contributed by atoms with Gasteiger partial charge in [0.15, 0.2) is 5.78 Å². The van der Waals surface area contributed by atoms with E-state index in [1.807, 2.05) is 66.7 Å². The lowest BCUT2D eigenvalue weighted by molar-refractivity contribution is -0.105. The Morgan fingerprint density at radius 1 is 1.00 bits per heavy atom. The molecule has 0 aliphatic carbocycles. The summed E-state index contributed by atoms with van der Waals surface area (Å²) in [5.41, 5.74) is 2.67. The van der Waals surface area contributed by atoms with Crippen LogP contribution in [-0.4, -0.2) is 26.7 Å². The highest BCUT2D eigenvalue weighted by molar-refractivity contribution is 5.92. The predicted molar refractivity (Wildman–Crippen MR) is 138 cm³/mol. The number of para-hydroxylation sites is 1. The number of anilines is 1. The Morgan fingerprint density at radius 3 is 1.94 bits per heavy atom. The monoisotopic (exact) mass is 445 g/mol. The van der Waals surface area contributed by atoms with Crippen molar-refractivity contribution in [3.63, 3.8) is 0 Å². The van der Waals surface area contributed by atoms with Gasteiger partial charge in [-0.25, -0.2) is 4.98 Å². The van der Waals surface area contributed by atoms with E-state index in [2.05, 4.69) is 24.1 Å². The number of aromatic nitrogens is 2. The number of hydrogen-bond donors (Lipinski definition) is 2. The number of Topliss-reactive ketones (excluding diaryl/α,β-unsaturated/α-hetero) is 1. The van der Waals surface area contributed by atoms with Gasteiger partial charge in [0.1, 0.15) is 17.1 Å². The Morgan fingerprint density at radius 2 is 1.53 bits per heavy atom. The average Bonchev–Trinajstić information content (AvgIpc) is 3.25. The van der Waals surface area contributed by atoms with E-state index < -0.39 is 0 Å². The van der Waals surface area contributed by atoms with Crippen molar-refractivity contribution in [3.8, 4) is 5.75 Å². The van der Waals surface area contributed by atoms with Crippen LogP contribution in [0.1, 0.15) is 84.8 Å². The number of amides is 1. The first-order chi connectivity index (χ1) is 15.4. The lowest BCUT2D eigenvalue weighted by atomic mass is 10.2. The van der Waals surface area contributed by atoms with Crippen molar-refractivity contribution < 1.29 is 14.7 Å². The van der Waals surface area contributed by atoms with E-state index in [9.17, 15) is 9.59 Å². The molecule has 1 amide bonds. The highest BCUT2D eigenvalue weighted by Crippen LogP contribution is 2.12. The first kappa shape index (κ1) is 33.5. The van der Waals surface area contributed by atoms with Crippen LogP contribution in [0.2, 0.25) is 0 Å². The number of nitrogens with one attached hydrogen (secondary N) is 1. The maximum absolute atomic E-state index is 11.1. The number of imidazole rings is 1. The molecule has 32 heavy (non-hydrogen) atoms. The molecule has 0 fully saturated rings. The third-order valence-corrected chi connectivity index (χ3v) is 3.15. The van der Waals surface area contributed by atoms with Gasteiger partial charge in [-0.2, -0.15) is 0 Å². The van der Waals surface area contributed by atoms with E-state index in [1.54, 1.807) is 35.0 Å². The lowest BCUT2D eigenvalue weighted by Gasteiger charge is -1.98. The molecule has 3 rings (SSSR count). The maximum atomic E-state index is 11.1. The molecule has 2 aromatic heterocycles. The van der Waals surface area contributed by atoms with Crippen LogP contribution in [0.3, 0.4) is 0 Å². The van der Waals surface area contributed by atoms with Crippen LogP contribution in [0.4, 0.5) is 5.69 Å². The van der Waals surface area contributed by atoms with Crippen LogP contribution in [0, 0.1) is 6.92 Å². The summed E-state index contributed by atoms with van der Waals surface area (Å²) in [5, 5.41) is 11.4. The van der Waals surface area contributed by atoms with E-state index in [4.69, 9.17) is 5.11 Å². The topological polar surface area (TPSA) is 83.7 Å². The minimum absolute atomic E-state index is 0.0800. The zero-order valence-corrected chi connectivity index (χ0v) is 21.6. The van der Waals surface area contributed by atoms with Gasteiger partial charge in [-0.1, -0.05) is 80.0 Å². The van der Waals surface area contributed by atoms with Gasteiger partial charge in [-0.15, -0.1) is 0 Å². The molecule has 0 atom stereocenters. The summed E-state index contributed by atoms with van der Waals surface area (Å²) in [5.74, 6) is 0.288. The first-order valence-electron chi connectivity index (χ1n) is 11.4. The Hall–Kier alpha value is -3.15. The molecule has 180 valence electrons. The summed E-state index contributed by atoms with van der Waals surface area (Å²) < 4.78 is 1.70. The molecule has 2 heterocycles. The summed E-state index contributed by atoms with van der Waals surface area (Å²) >= 11 is 0. The number of phenolic OH excluding ortho intramolecular Hbond substituents is 1. The number of ketones is 1. The Kier molecular flexibility index (Phi) is 23.6. The van der Waals surface area contributed by atoms with Gasteiger partial charge in [0.2, 0.25) is 6.41 Å². The molecule has 0 saturated carbocycles. The van der Waals surface area contributed by atoms with Gasteiger partial charge in [-0.3, -0.25) is 9.59 Å². The fraction of sp³-hybridized carbons (Fsp3) is 0.423. The van der Waals surface area contributed by atoms with E-state index in [-0.39, 0.29) is 5.78 Å². The zero-order valence-electron chi connectivity index (χ0n) is 21.6. The van der Waals surface area contributed by atoms with Crippen molar-refractivity contribution in [3.05, 3.63) is 60.0 Å². The number of phenols is 1. The molecule has 6 heteroatoms. The molecule has 1 aromatic carbocycles. The molecule has 3 aromatic rings. The largest absolute Gasteiger partial charge is 0.508 e. The number of benzene rings is 1. The number of rotatable bonds is 3. The molecule has 0 saturated heterocycles. The third kappa shape index (κ3) is 14.0. The predicted octanol–water partition coefficient (Wildman–Crippen LogP) is 7.30. The van der Waals surface area contributed by atoms with Gasteiger partial charge >= 0.3 is 0 Å². The van der Waals surface area contributed by atoms with Crippen LogP contribution in [-0.2, 0) is 4.79 Å². The number of carbonyl (C=O) groups excluding carboxylic acids is 2. The molecule has 0 bridgehead atoms. The van der Waals surface area contributed by atoms with E-state index in [1.165, 1.54) is 13.3 Å². The quantitative estimate of drug-likeness (QED) is 0.327. The normalized spacial score (nSPS) is 8.19. The van der Waals surface area contributed by atoms with Crippen molar-refractivity contribution in [2.75, 3.05) is 5.32 Å². The molecule has 6 nitrogen and oxygen atoms in total. The number of hydrogen-bond acceptors (Lipinski definition) is 4. The Bertz CT molecular complexity index is 837. The van der Waals surface area contributed by atoms with E-state index >= 15 is 0 Å². The van der Waals surface area contributed by atoms with Gasteiger partial charge in [0.05, 0.1) is 5.69 Å². The van der Waals surface area contributed by atoms with Gasteiger partial charge in [-0.05, 0) is 30.7 Å². The summed E-state index contributed by atoms with van der Waals surface area (Å²) in [6.07, 6.45) is 5.18. The SMILES string of the molecule is CC.CC.CC.CC(=O)c1cn2cc(NC=O)ccc2n1.CCC.Cc1ccccc1O. The molecule has 2 N–H and O–H groups in total. The second kappa shape index (κ2) is 22.5. The lowest BCUT2D eigenvalue weighted by Crippen LogP contribution is -1.95. The second-order valence-corrected chi connectivity index (χ2v) is 5.62. The zero-order chi connectivity index (χ0) is 25.5. The van der Waals surface area contributed by atoms with Gasteiger partial charge in [0, 0.05) is 19.3 Å². The summed E-state index contributed by atoms with van der Waals surface area (Å²) in [6, 6.07) is 10.7. The minimum Gasteiger partial charge on any atom is -0.508 e. The fourth-order valence-electron chi connectivity index (χ4n) is 1.88. The van der Waals surface area contributed by atoms with Crippen LogP contribution < -0.4 is 5.32 Å². The summed E-state index contributed by atoms with van der Waals surface area (Å²) in [7, 11) is 0. The number of pyridine rings is 1. The van der Waals surface area contributed by atoms with Crippen molar-refractivity contribution >= 4 is 23.5 Å². The highest BCUT2D eigenvalue weighted by atomic mass is 16.3. The number of fused-ring (bicyclic) bond motifs is 1. The molecule has 0 unspecified atom stereocenters. The van der Waals surface area contributed by atoms with Crippen molar-refractivity contribution in [2.45, 2.75) is 75.7 Å². The maximum Gasteiger partial charge on any atom is 0.211 e. The van der Waals surface area contributed by atoms with Crippen molar-refractivity contribution in [1.29, 1.82) is 0 Å². The number of aromatic hydroxyl groups is 1. The molecular formula is C26H43N3O3. The van der Waals surface area contributed by atoms with Gasteiger partial charge in [0.25, 0.3) is 0 Å². The molecule has 0 aliphatic rings. The van der Waals surface area contributed by atoms with Crippen LogP contribution in [0.15, 0.2) is 48.8 Å². The van der Waals surface area contributed by atoms with Crippen LogP contribution >= 0.6 is 0 Å². The van der Waals surface area contributed by atoms with Crippen LogP contribution in [0.25, 0.3) is 5.65 Å². The molecule has 0 aliphatic heterocycles. The average molecular weight is 446 g/mol. The first-order valence-corrected chi connectivity index (χ1v) is 11.4. The number of nitrogens with zero attached hydrogens (tertiary/aromatic N) is 2. The van der Waals surface area contributed by atoms with Crippen molar-refractivity contribution in [2.24, 2.45) is 0 Å². The summed E-state index contributed by atoms with van der Waals surface area (Å²) in [4.78, 5) is 25.4. The van der Waals surface area contributed by atoms with Gasteiger partial charge < -0.3 is 14.8 Å². The molecule has 0 radical (unpaired) electrons. The number of carbonyl (C=O) groups is 2. The van der Waals surface area contributed by atoms with E-state index in [0.29, 0.717) is 29.2 Å². The van der Waals surface area contributed by atoms with Crippen molar-refractivity contribution in [1.82, 2.24) is 9.38 Å². The second-order valence-electron chi connectivity index (χ2n) is 5.62. The summed E-state index contributed by atoms with van der Waals surface area (Å²) in [6.45, 7) is 19.6. The molecule has 0 spiro atoms. The minimum atomic E-state index is -0.0800. The Balaban J connectivity index is -0.000000419. The Labute approximate surface area is 194 Å².